The standard InChI is InChI=1S/C22H22N4O2/c1-15-14-16(2)26(24-15)20-9-5-17(6-10-20)22(28)23-18-7-11-19(12-8-18)25-13-3-4-21(25)27/h5-12,14H,3-4,13H2,1-2H3,(H,23,28). The second kappa shape index (κ2) is 7.31. The molecule has 1 N–H and O–H groups in total. The second-order valence-corrected chi connectivity index (χ2v) is 7.04. The SMILES string of the molecule is Cc1cc(C)n(-c2ccc(C(=O)Nc3ccc(N4CCCC4=O)cc3)cc2)n1. The highest BCUT2D eigenvalue weighted by Gasteiger charge is 2.21. The van der Waals surface area contributed by atoms with Crippen LogP contribution in [0.4, 0.5) is 11.4 Å². The summed E-state index contributed by atoms with van der Waals surface area (Å²) in [5, 5.41) is 7.35. The molecule has 6 nitrogen and oxygen atoms in total. The average Bonchev–Trinajstić information content (AvgIpc) is 3.27. The molecular formula is C22H22N4O2. The molecule has 0 saturated carbocycles. The van der Waals surface area contributed by atoms with E-state index < -0.39 is 0 Å². The maximum absolute atomic E-state index is 12.5. The largest absolute Gasteiger partial charge is 0.322 e. The van der Waals surface area contributed by atoms with Gasteiger partial charge in [-0.05, 0) is 74.9 Å². The van der Waals surface area contributed by atoms with Gasteiger partial charge in [-0.3, -0.25) is 9.59 Å². The summed E-state index contributed by atoms with van der Waals surface area (Å²) in [4.78, 5) is 26.1. The molecule has 0 bridgehead atoms. The Kier molecular flexibility index (Phi) is 4.69. The molecule has 6 heteroatoms. The van der Waals surface area contributed by atoms with Crippen LogP contribution in [-0.4, -0.2) is 28.1 Å². The van der Waals surface area contributed by atoms with Gasteiger partial charge in [-0.25, -0.2) is 4.68 Å². The van der Waals surface area contributed by atoms with E-state index in [9.17, 15) is 9.59 Å². The summed E-state index contributed by atoms with van der Waals surface area (Å²) < 4.78 is 1.86. The number of carbonyl (C=O) groups excluding carboxylic acids is 2. The molecule has 1 saturated heterocycles. The van der Waals surface area contributed by atoms with E-state index >= 15 is 0 Å². The molecule has 1 aliphatic rings. The first kappa shape index (κ1) is 18.0. The van der Waals surface area contributed by atoms with Crippen molar-refractivity contribution in [3.05, 3.63) is 71.5 Å². The van der Waals surface area contributed by atoms with Crippen LogP contribution in [0.3, 0.4) is 0 Å². The fraction of sp³-hybridized carbons (Fsp3) is 0.227. The van der Waals surface area contributed by atoms with Crippen molar-refractivity contribution in [2.75, 3.05) is 16.8 Å². The summed E-state index contributed by atoms with van der Waals surface area (Å²) in [5.41, 5.74) is 5.06. The summed E-state index contributed by atoms with van der Waals surface area (Å²) >= 11 is 0. The van der Waals surface area contributed by atoms with Gasteiger partial charge in [0.05, 0.1) is 11.4 Å². The van der Waals surface area contributed by atoms with Crippen molar-refractivity contribution >= 4 is 23.2 Å². The molecule has 0 spiro atoms. The van der Waals surface area contributed by atoms with E-state index in [-0.39, 0.29) is 11.8 Å². The first-order valence-corrected chi connectivity index (χ1v) is 9.37. The summed E-state index contributed by atoms with van der Waals surface area (Å²) in [7, 11) is 0. The molecule has 0 radical (unpaired) electrons. The number of hydrogen-bond donors (Lipinski definition) is 1. The summed E-state index contributed by atoms with van der Waals surface area (Å²) in [6, 6.07) is 16.7. The fourth-order valence-electron chi connectivity index (χ4n) is 3.49. The minimum absolute atomic E-state index is 0.152. The summed E-state index contributed by atoms with van der Waals surface area (Å²) in [6.45, 7) is 4.71. The lowest BCUT2D eigenvalue weighted by molar-refractivity contribution is -0.117. The first-order valence-electron chi connectivity index (χ1n) is 9.37. The molecule has 1 aliphatic heterocycles. The number of carbonyl (C=O) groups is 2. The zero-order chi connectivity index (χ0) is 19.7. The number of hydrogen-bond acceptors (Lipinski definition) is 3. The number of anilines is 2. The summed E-state index contributed by atoms with van der Waals surface area (Å²) in [5.74, 6) is -0.0237. The second-order valence-electron chi connectivity index (χ2n) is 7.04. The van der Waals surface area contributed by atoms with E-state index in [0.29, 0.717) is 17.7 Å². The maximum Gasteiger partial charge on any atom is 0.255 e. The lowest BCUT2D eigenvalue weighted by atomic mass is 10.2. The fourth-order valence-corrected chi connectivity index (χ4v) is 3.49. The van der Waals surface area contributed by atoms with Crippen LogP contribution in [-0.2, 0) is 4.79 Å². The molecule has 0 unspecified atom stereocenters. The zero-order valence-corrected chi connectivity index (χ0v) is 16.0. The lowest BCUT2D eigenvalue weighted by Gasteiger charge is -2.16. The van der Waals surface area contributed by atoms with Crippen molar-refractivity contribution in [1.29, 1.82) is 0 Å². The Balaban J connectivity index is 1.45. The quantitative estimate of drug-likeness (QED) is 0.754. The predicted octanol–water partition coefficient (Wildman–Crippen LogP) is 3.87. The third-order valence-corrected chi connectivity index (χ3v) is 4.89. The minimum atomic E-state index is -0.176. The summed E-state index contributed by atoms with van der Waals surface area (Å²) in [6.07, 6.45) is 1.50. The number of rotatable bonds is 4. The predicted molar refractivity (Wildman–Crippen MR) is 109 cm³/mol. The van der Waals surface area contributed by atoms with Gasteiger partial charge in [-0.15, -0.1) is 0 Å². The van der Waals surface area contributed by atoms with Crippen molar-refractivity contribution in [2.45, 2.75) is 26.7 Å². The van der Waals surface area contributed by atoms with E-state index in [2.05, 4.69) is 10.4 Å². The molecule has 2 heterocycles. The van der Waals surface area contributed by atoms with Crippen LogP contribution in [0.25, 0.3) is 5.69 Å². The van der Waals surface area contributed by atoms with Crippen LogP contribution in [0.2, 0.25) is 0 Å². The van der Waals surface area contributed by atoms with Gasteiger partial charge in [0.15, 0.2) is 0 Å². The van der Waals surface area contributed by atoms with Crippen LogP contribution in [0.15, 0.2) is 54.6 Å². The van der Waals surface area contributed by atoms with Crippen molar-refractivity contribution < 1.29 is 9.59 Å². The normalized spacial score (nSPS) is 13.8. The van der Waals surface area contributed by atoms with Crippen molar-refractivity contribution in [1.82, 2.24) is 9.78 Å². The van der Waals surface area contributed by atoms with Crippen molar-refractivity contribution in [3.8, 4) is 5.69 Å². The molecule has 2 amide bonds. The molecule has 0 aliphatic carbocycles. The van der Waals surface area contributed by atoms with Crippen molar-refractivity contribution in [2.24, 2.45) is 0 Å². The average molecular weight is 374 g/mol. The van der Waals surface area contributed by atoms with Gasteiger partial charge < -0.3 is 10.2 Å². The highest BCUT2D eigenvalue weighted by atomic mass is 16.2. The van der Waals surface area contributed by atoms with Crippen LogP contribution in [0.5, 0.6) is 0 Å². The Labute approximate surface area is 163 Å². The molecule has 3 aromatic rings. The Hall–Kier alpha value is -3.41. The van der Waals surface area contributed by atoms with Crippen LogP contribution in [0, 0.1) is 13.8 Å². The number of aromatic nitrogens is 2. The molecular weight excluding hydrogens is 352 g/mol. The molecule has 0 atom stereocenters. The van der Waals surface area contributed by atoms with Crippen LogP contribution < -0.4 is 10.2 Å². The number of benzene rings is 2. The topological polar surface area (TPSA) is 67.2 Å². The maximum atomic E-state index is 12.5. The molecule has 1 fully saturated rings. The number of nitrogens with zero attached hydrogens (tertiary/aromatic N) is 3. The van der Waals surface area contributed by atoms with Crippen LogP contribution >= 0.6 is 0 Å². The highest BCUT2D eigenvalue weighted by Crippen LogP contribution is 2.23. The Morgan fingerprint density at radius 3 is 2.25 bits per heavy atom. The smallest absolute Gasteiger partial charge is 0.255 e. The van der Waals surface area contributed by atoms with Gasteiger partial charge in [0.1, 0.15) is 0 Å². The number of nitrogens with one attached hydrogen (secondary N) is 1. The van der Waals surface area contributed by atoms with Gasteiger partial charge in [-0.2, -0.15) is 5.10 Å². The van der Waals surface area contributed by atoms with Crippen molar-refractivity contribution in [3.63, 3.8) is 0 Å². The van der Waals surface area contributed by atoms with Gasteiger partial charge in [0, 0.05) is 35.6 Å². The van der Waals surface area contributed by atoms with Gasteiger partial charge in [-0.1, -0.05) is 0 Å². The number of aryl methyl sites for hydroxylation is 2. The molecule has 142 valence electrons. The van der Waals surface area contributed by atoms with E-state index in [4.69, 9.17) is 0 Å². The van der Waals surface area contributed by atoms with Crippen LogP contribution in [0.1, 0.15) is 34.6 Å². The van der Waals surface area contributed by atoms with Gasteiger partial charge in [0.25, 0.3) is 5.91 Å². The zero-order valence-electron chi connectivity index (χ0n) is 16.0. The first-order chi connectivity index (χ1) is 13.5. The van der Waals surface area contributed by atoms with E-state index in [0.717, 1.165) is 35.7 Å². The number of amides is 2. The molecule has 1 aromatic heterocycles. The Morgan fingerprint density at radius 1 is 1.00 bits per heavy atom. The lowest BCUT2D eigenvalue weighted by Crippen LogP contribution is -2.23. The third kappa shape index (κ3) is 3.53. The van der Waals surface area contributed by atoms with Gasteiger partial charge in [0.2, 0.25) is 5.91 Å². The van der Waals surface area contributed by atoms with E-state index in [1.807, 2.05) is 61.0 Å². The Bertz CT molecular complexity index is 1020. The minimum Gasteiger partial charge on any atom is -0.322 e. The van der Waals surface area contributed by atoms with E-state index in [1.165, 1.54) is 0 Å². The van der Waals surface area contributed by atoms with E-state index in [1.54, 1.807) is 17.0 Å². The molecule has 4 rings (SSSR count). The monoisotopic (exact) mass is 374 g/mol. The van der Waals surface area contributed by atoms with Gasteiger partial charge >= 0.3 is 0 Å². The highest BCUT2D eigenvalue weighted by molar-refractivity contribution is 6.04. The Morgan fingerprint density at radius 2 is 1.68 bits per heavy atom. The third-order valence-electron chi connectivity index (χ3n) is 4.89. The molecule has 28 heavy (non-hydrogen) atoms. The molecule has 2 aromatic carbocycles.